The number of rotatable bonds is 5. The van der Waals surface area contributed by atoms with Gasteiger partial charge in [-0.3, -0.25) is 4.57 Å². The predicted octanol–water partition coefficient (Wildman–Crippen LogP) is 2.57. The third-order valence-corrected chi connectivity index (χ3v) is 3.54. The zero-order valence-corrected chi connectivity index (χ0v) is 15.0. The second kappa shape index (κ2) is 7.55. The highest BCUT2D eigenvalue weighted by molar-refractivity contribution is 5.78. The molecule has 1 aromatic heterocycles. The molecular formula is C18H24N2O5. The summed E-state index contributed by atoms with van der Waals surface area (Å²) < 4.78 is 11.4. The summed E-state index contributed by atoms with van der Waals surface area (Å²) in [4.78, 5) is 35.3. The molecule has 2 rings (SSSR count). The van der Waals surface area contributed by atoms with E-state index in [1.807, 2.05) is 6.92 Å². The summed E-state index contributed by atoms with van der Waals surface area (Å²) in [6.07, 6.45) is 0.848. The van der Waals surface area contributed by atoms with Gasteiger partial charge in [-0.25, -0.2) is 14.4 Å². The number of hydrogen-bond acceptors (Lipinski definition) is 5. The fraction of sp³-hybridized carbons (Fsp3) is 0.500. The molecule has 0 atom stereocenters. The first kappa shape index (κ1) is 18.8. The number of ether oxygens (including phenoxy) is 1. The Morgan fingerprint density at radius 1 is 1.24 bits per heavy atom. The van der Waals surface area contributed by atoms with Crippen molar-refractivity contribution in [2.24, 2.45) is 0 Å². The van der Waals surface area contributed by atoms with Crippen molar-refractivity contribution in [1.29, 1.82) is 0 Å². The molecule has 0 unspecified atom stereocenters. The number of aryl methyl sites for hydroxylation is 2. The molecule has 1 N–H and O–H groups in total. The molecule has 0 fully saturated rings. The number of aromatic nitrogens is 1. The molecule has 0 radical (unpaired) electrons. The average molecular weight is 348 g/mol. The lowest BCUT2D eigenvalue weighted by Crippen LogP contribution is -2.33. The molecule has 1 aromatic carbocycles. The molecule has 1 heterocycles. The number of carbonyl (C=O) groups is 1. The molecule has 136 valence electrons. The van der Waals surface area contributed by atoms with Crippen molar-refractivity contribution in [1.82, 2.24) is 9.88 Å². The lowest BCUT2D eigenvalue weighted by molar-refractivity contribution is 0.0527. The van der Waals surface area contributed by atoms with Crippen LogP contribution in [0.5, 0.6) is 0 Å². The van der Waals surface area contributed by atoms with Gasteiger partial charge in [0, 0.05) is 13.1 Å². The largest absolute Gasteiger partial charge is 0.444 e. The van der Waals surface area contributed by atoms with Gasteiger partial charge in [0.1, 0.15) is 5.60 Å². The molecule has 0 aliphatic heterocycles. The Morgan fingerprint density at radius 3 is 2.64 bits per heavy atom. The number of nitrogens with one attached hydrogen (secondary N) is 1. The van der Waals surface area contributed by atoms with Crippen molar-refractivity contribution in [3.05, 3.63) is 44.7 Å². The maximum atomic E-state index is 12.0. The Balaban J connectivity index is 1.98. The maximum absolute atomic E-state index is 12.0. The second-order valence-corrected chi connectivity index (χ2v) is 6.96. The molecule has 0 aliphatic carbocycles. The van der Waals surface area contributed by atoms with Gasteiger partial charge in [-0.15, -0.1) is 0 Å². The van der Waals surface area contributed by atoms with Crippen LogP contribution < -0.4 is 16.7 Å². The summed E-state index contributed by atoms with van der Waals surface area (Å²) in [5.74, 6) is -0.664. The average Bonchev–Trinajstić information content (AvgIpc) is 2.47. The summed E-state index contributed by atoms with van der Waals surface area (Å²) in [6.45, 7) is 8.14. The van der Waals surface area contributed by atoms with E-state index in [1.54, 1.807) is 39.0 Å². The minimum atomic E-state index is -0.664. The lowest BCUT2D eigenvalue weighted by Gasteiger charge is -2.19. The summed E-state index contributed by atoms with van der Waals surface area (Å²) in [5, 5.41) is 3.06. The van der Waals surface area contributed by atoms with E-state index in [4.69, 9.17) is 9.15 Å². The zero-order chi connectivity index (χ0) is 18.6. The van der Waals surface area contributed by atoms with Gasteiger partial charge in [0.25, 0.3) is 0 Å². The van der Waals surface area contributed by atoms with Crippen LogP contribution in [0.4, 0.5) is 4.79 Å². The van der Waals surface area contributed by atoms with Gasteiger partial charge in [0.05, 0.1) is 10.9 Å². The summed E-state index contributed by atoms with van der Waals surface area (Å²) in [6, 6.07) is 5.27. The van der Waals surface area contributed by atoms with Crippen LogP contribution in [0.3, 0.4) is 0 Å². The topological polar surface area (TPSA) is 90.5 Å². The quantitative estimate of drug-likeness (QED) is 0.839. The molecule has 0 saturated heterocycles. The van der Waals surface area contributed by atoms with Crippen LogP contribution in [0, 0.1) is 6.92 Å². The van der Waals surface area contributed by atoms with E-state index >= 15 is 0 Å². The van der Waals surface area contributed by atoms with E-state index in [0.29, 0.717) is 36.8 Å². The third-order valence-electron chi connectivity index (χ3n) is 3.54. The lowest BCUT2D eigenvalue weighted by atomic mass is 10.2. The third kappa shape index (κ3) is 5.20. The minimum absolute atomic E-state index is 0.386. The van der Waals surface area contributed by atoms with Gasteiger partial charge in [-0.05, 0) is 58.2 Å². The Hall–Kier alpha value is -2.57. The van der Waals surface area contributed by atoms with Gasteiger partial charge in [0.2, 0.25) is 0 Å². The standard InChI is InChI=1S/C18H24N2O5/c1-12-7-8-13-14(11-12)20(17(23)24-15(13)21)10-6-5-9-19-16(22)25-18(2,3)4/h7-8,11H,5-6,9-10H2,1-4H3,(H,19,22). The molecule has 0 saturated carbocycles. The number of alkyl carbamates (subject to hydrolysis) is 1. The van der Waals surface area contributed by atoms with Crippen LogP contribution in [-0.2, 0) is 11.3 Å². The van der Waals surface area contributed by atoms with E-state index in [2.05, 4.69) is 5.32 Å². The molecule has 1 amide bonds. The normalized spacial score (nSPS) is 11.5. The van der Waals surface area contributed by atoms with E-state index in [1.165, 1.54) is 4.57 Å². The number of hydrogen-bond donors (Lipinski definition) is 1. The van der Waals surface area contributed by atoms with Gasteiger partial charge >= 0.3 is 17.5 Å². The van der Waals surface area contributed by atoms with Gasteiger partial charge < -0.3 is 14.5 Å². The first-order chi connectivity index (χ1) is 11.7. The zero-order valence-electron chi connectivity index (χ0n) is 15.0. The van der Waals surface area contributed by atoms with E-state index < -0.39 is 23.1 Å². The van der Waals surface area contributed by atoms with Gasteiger partial charge in [-0.2, -0.15) is 0 Å². The molecule has 7 heteroatoms. The minimum Gasteiger partial charge on any atom is -0.444 e. The number of carbonyl (C=O) groups excluding carboxylic acids is 1. The first-order valence-electron chi connectivity index (χ1n) is 8.28. The highest BCUT2D eigenvalue weighted by Crippen LogP contribution is 2.11. The van der Waals surface area contributed by atoms with Gasteiger partial charge in [0.15, 0.2) is 0 Å². The van der Waals surface area contributed by atoms with E-state index in [9.17, 15) is 14.4 Å². The Labute approximate surface area is 145 Å². The van der Waals surface area contributed by atoms with Crippen LogP contribution in [0.25, 0.3) is 10.9 Å². The molecule has 2 aromatic rings. The summed E-state index contributed by atoms with van der Waals surface area (Å²) in [7, 11) is 0. The smallest absolute Gasteiger partial charge is 0.422 e. The number of amides is 1. The second-order valence-electron chi connectivity index (χ2n) is 6.96. The summed E-state index contributed by atoms with van der Waals surface area (Å²) >= 11 is 0. The van der Waals surface area contributed by atoms with Crippen LogP contribution in [0.15, 0.2) is 32.2 Å². The van der Waals surface area contributed by atoms with E-state index in [0.717, 1.165) is 5.56 Å². The predicted molar refractivity (Wildman–Crippen MR) is 95.0 cm³/mol. The van der Waals surface area contributed by atoms with Gasteiger partial charge in [-0.1, -0.05) is 6.07 Å². The molecular weight excluding hydrogens is 324 g/mol. The highest BCUT2D eigenvalue weighted by Gasteiger charge is 2.15. The Bertz CT molecular complexity index is 874. The Morgan fingerprint density at radius 2 is 1.96 bits per heavy atom. The SMILES string of the molecule is Cc1ccc2c(=O)oc(=O)n(CCCCNC(=O)OC(C)(C)C)c2c1. The van der Waals surface area contributed by atoms with Crippen LogP contribution in [0.2, 0.25) is 0 Å². The maximum Gasteiger partial charge on any atom is 0.422 e. The number of fused-ring (bicyclic) bond motifs is 1. The molecule has 0 bridgehead atoms. The molecule has 0 aliphatic rings. The number of benzene rings is 1. The fourth-order valence-corrected chi connectivity index (χ4v) is 2.44. The first-order valence-corrected chi connectivity index (χ1v) is 8.28. The highest BCUT2D eigenvalue weighted by atomic mass is 16.6. The van der Waals surface area contributed by atoms with Crippen LogP contribution in [-0.4, -0.2) is 22.8 Å². The van der Waals surface area contributed by atoms with Crippen LogP contribution in [0.1, 0.15) is 39.2 Å². The van der Waals surface area contributed by atoms with E-state index in [-0.39, 0.29) is 0 Å². The molecule has 0 spiro atoms. The number of unbranched alkanes of at least 4 members (excludes halogenated alkanes) is 1. The van der Waals surface area contributed by atoms with Crippen molar-refractivity contribution in [2.75, 3.05) is 6.54 Å². The Kier molecular flexibility index (Phi) is 5.66. The summed E-state index contributed by atoms with van der Waals surface area (Å²) in [5.41, 5.74) is 0.373. The monoisotopic (exact) mass is 348 g/mol. The van der Waals surface area contributed by atoms with Crippen molar-refractivity contribution in [3.8, 4) is 0 Å². The number of nitrogens with zero attached hydrogens (tertiary/aromatic N) is 1. The van der Waals surface area contributed by atoms with Crippen LogP contribution >= 0.6 is 0 Å². The fourth-order valence-electron chi connectivity index (χ4n) is 2.44. The molecule has 25 heavy (non-hydrogen) atoms. The van der Waals surface area contributed by atoms with Crippen molar-refractivity contribution in [2.45, 2.75) is 52.7 Å². The van der Waals surface area contributed by atoms with Crippen molar-refractivity contribution >= 4 is 17.0 Å². The molecule has 7 nitrogen and oxygen atoms in total. The van der Waals surface area contributed by atoms with Crippen molar-refractivity contribution in [3.63, 3.8) is 0 Å². The van der Waals surface area contributed by atoms with Crippen molar-refractivity contribution < 1.29 is 13.9 Å².